The van der Waals surface area contributed by atoms with Crippen molar-refractivity contribution in [3.05, 3.63) is 59.7 Å². The second-order valence-electron chi connectivity index (χ2n) is 5.92. The molecule has 1 heterocycles. The molecule has 0 radical (unpaired) electrons. The molecule has 0 saturated carbocycles. The topological polar surface area (TPSA) is 31.0 Å². The molecule has 2 aromatic rings. The third kappa shape index (κ3) is 2.31. The van der Waals surface area contributed by atoms with Gasteiger partial charge in [-0.2, -0.15) is 0 Å². The predicted octanol–water partition coefficient (Wildman–Crippen LogP) is 4.64. The van der Waals surface area contributed by atoms with Crippen LogP contribution in [0.2, 0.25) is 0 Å². The molecule has 0 aromatic heterocycles. The number of benzene rings is 2. The van der Waals surface area contributed by atoms with Crippen molar-refractivity contribution in [2.45, 2.75) is 37.9 Å². The normalized spacial score (nSPS) is 25.9. The quantitative estimate of drug-likeness (QED) is 0.728. The van der Waals surface area contributed by atoms with Crippen molar-refractivity contribution in [2.75, 3.05) is 14.2 Å². The second kappa shape index (κ2) is 5.89. The van der Waals surface area contributed by atoms with E-state index in [2.05, 4.69) is 38.1 Å². The summed E-state index contributed by atoms with van der Waals surface area (Å²) in [5.74, 6) is 1.74. The Morgan fingerprint density at radius 2 is 1.04 bits per heavy atom. The maximum absolute atomic E-state index is 6.43. The van der Waals surface area contributed by atoms with E-state index in [-0.39, 0.29) is 11.2 Å². The molecule has 3 heteroatoms. The van der Waals surface area contributed by atoms with Crippen molar-refractivity contribution < 1.29 is 14.2 Å². The summed E-state index contributed by atoms with van der Waals surface area (Å²) < 4.78 is 17.0. The van der Waals surface area contributed by atoms with Gasteiger partial charge in [0, 0.05) is 0 Å². The highest BCUT2D eigenvalue weighted by Crippen LogP contribution is 2.66. The van der Waals surface area contributed by atoms with Gasteiger partial charge >= 0.3 is 0 Å². The molecule has 2 aromatic carbocycles. The molecule has 122 valence electrons. The molecular formula is C20H24O3. The van der Waals surface area contributed by atoms with Crippen molar-refractivity contribution in [2.24, 2.45) is 0 Å². The SMILES string of the molecule is CC[C@@]1(c2ccc(OC)cc2)O[C@@]1(CC)c1ccc(OC)cc1. The lowest BCUT2D eigenvalue weighted by Crippen LogP contribution is -2.21. The van der Waals surface area contributed by atoms with Crippen LogP contribution in [0.3, 0.4) is 0 Å². The Morgan fingerprint density at radius 1 is 0.696 bits per heavy atom. The fourth-order valence-corrected chi connectivity index (χ4v) is 3.70. The van der Waals surface area contributed by atoms with Crippen molar-refractivity contribution in [3.8, 4) is 11.5 Å². The van der Waals surface area contributed by atoms with Crippen LogP contribution < -0.4 is 9.47 Å². The van der Waals surface area contributed by atoms with Gasteiger partial charge < -0.3 is 14.2 Å². The van der Waals surface area contributed by atoms with Crippen LogP contribution in [0.15, 0.2) is 48.5 Å². The Balaban J connectivity index is 1.99. The first kappa shape index (κ1) is 15.9. The Hall–Kier alpha value is -2.00. The van der Waals surface area contributed by atoms with Crippen LogP contribution in [-0.4, -0.2) is 14.2 Å². The smallest absolute Gasteiger partial charge is 0.127 e. The highest BCUT2D eigenvalue weighted by atomic mass is 16.6. The number of epoxide rings is 1. The summed E-state index contributed by atoms with van der Waals surface area (Å²) in [6.07, 6.45) is 1.86. The van der Waals surface area contributed by atoms with Crippen molar-refractivity contribution in [1.82, 2.24) is 0 Å². The summed E-state index contributed by atoms with van der Waals surface area (Å²) in [5, 5.41) is 0. The Bertz CT molecular complexity index is 603. The molecule has 2 atom stereocenters. The lowest BCUT2D eigenvalue weighted by atomic mass is 9.78. The largest absolute Gasteiger partial charge is 0.497 e. The molecule has 3 rings (SSSR count). The molecule has 1 fully saturated rings. The fourth-order valence-electron chi connectivity index (χ4n) is 3.70. The molecule has 23 heavy (non-hydrogen) atoms. The van der Waals surface area contributed by atoms with E-state index >= 15 is 0 Å². The molecule has 0 spiro atoms. The Labute approximate surface area is 138 Å². The van der Waals surface area contributed by atoms with Gasteiger partial charge in [-0.25, -0.2) is 0 Å². The number of ether oxygens (including phenoxy) is 3. The molecule has 1 saturated heterocycles. The lowest BCUT2D eigenvalue weighted by molar-refractivity contribution is 0.255. The zero-order valence-corrected chi connectivity index (χ0v) is 14.3. The van der Waals surface area contributed by atoms with Crippen LogP contribution in [0, 0.1) is 0 Å². The van der Waals surface area contributed by atoms with E-state index in [9.17, 15) is 0 Å². The zero-order chi connectivity index (χ0) is 16.5. The molecule has 3 nitrogen and oxygen atoms in total. The van der Waals surface area contributed by atoms with Gasteiger partial charge in [-0.1, -0.05) is 38.1 Å². The van der Waals surface area contributed by atoms with E-state index in [0.717, 1.165) is 24.3 Å². The third-order valence-electron chi connectivity index (χ3n) is 5.07. The van der Waals surface area contributed by atoms with E-state index in [0.29, 0.717) is 0 Å². The summed E-state index contributed by atoms with van der Waals surface area (Å²) >= 11 is 0. The Morgan fingerprint density at radius 3 is 1.30 bits per heavy atom. The van der Waals surface area contributed by atoms with E-state index in [1.807, 2.05) is 24.3 Å². The minimum atomic E-state index is -0.261. The monoisotopic (exact) mass is 312 g/mol. The van der Waals surface area contributed by atoms with E-state index in [1.54, 1.807) is 14.2 Å². The lowest BCUT2D eigenvalue weighted by Gasteiger charge is -2.19. The van der Waals surface area contributed by atoms with E-state index < -0.39 is 0 Å². The summed E-state index contributed by atoms with van der Waals surface area (Å²) in [7, 11) is 3.37. The van der Waals surface area contributed by atoms with Crippen molar-refractivity contribution in [1.29, 1.82) is 0 Å². The van der Waals surface area contributed by atoms with Gasteiger partial charge in [-0.05, 0) is 48.2 Å². The summed E-state index contributed by atoms with van der Waals surface area (Å²) in [5.41, 5.74) is 1.89. The van der Waals surface area contributed by atoms with Crippen LogP contribution in [0.25, 0.3) is 0 Å². The molecule has 0 N–H and O–H groups in total. The molecular weight excluding hydrogens is 288 g/mol. The highest BCUT2D eigenvalue weighted by molar-refractivity contribution is 5.44. The van der Waals surface area contributed by atoms with Crippen LogP contribution >= 0.6 is 0 Å². The number of hydrogen-bond acceptors (Lipinski definition) is 3. The number of rotatable bonds is 6. The maximum atomic E-state index is 6.43. The fraction of sp³-hybridized carbons (Fsp3) is 0.400. The molecule has 1 aliphatic rings. The van der Waals surface area contributed by atoms with Gasteiger partial charge in [0.2, 0.25) is 0 Å². The first-order chi connectivity index (χ1) is 11.2. The summed E-state index contributed by atoms with van der Waals surface area (Å²) in [6.45, 7) is 4.37. The van der Waals surface area contributed by atoms with Gasteiger partial charge in [-0.15, -0.1) is 0 Å². The average molecular weight is 312 g/mol. The van der Waals surface area contributed by atoms with Crippen LogP contribution in [0.4, 0.5) is 0 Å². The molecule has 0 aliphatic carbocycles. The first-order valence-electron chi connectivity index (χ1n) is 8.15. The highest BCUT2D eigenvalue weighted by Gasteiger charge is 2.69. The van der Waals surface area contributed by atoms with Crippen LogP contribution in [0.1, 0.15) is 37.8 Å². The maximum Gasteiger partial charge on any atom is 0.127 e. The standard InChI is InChI=1S/C20H24O3/c1-5-19(15-7-11-17(21-3)12-8-15)20(6-2,23-19)16-9-13-18(22-4)14-10-16/h7-14H,5-6H2,1-4H3/t19-,20-/m0/s1. The number of hydrogen-bond donors (Lipinski definition) is 0. The third-order valence-corrected chi connectivity index (χ3v) is 5.07. The first-order valence-corrected chi connectivity index (χ1v) is 8.15. The minimum Gasteiger partial charge on any atom is -0.497 e. The molecule has 0 amide bonds. The van der Waals surface area contributed by atoms with Gasteiger partial charge in [0.15, 0.2) is 0 Å². The summed E-state index contributed by atoms with van der Waals surface area (Å²) in [4.78, 5) is 0. The minimum absolute atomic E-state index is 0.261. The van der Waals surface area contributed by atoms with Crippen LogP contribution in [-0.2, 0) is 15.9 Å². The second-order valence-corrected chi connectivity index (χ2v) is 5.92. The zero-order valence-electron chi connectivity index (χ0n) is 14.3. The van der Waals surface area contributed by atoms with Crippen LogP contribution in [0.5, 0.6) is 11.5 Å². The Kier molecular flexibility index (Phi) is 4.07. The van der Waals surface area contributed by atoms with E-state index in [1.165, 1.54) is 11.1 Å². The van der Waals surface area contributed by atoms with Gasteiger partial charge in [-0.3, -0.25) is 0 Å². The molecule has 0 bridgehead atoms. The van der Waals surface area contributed by atoms with Crippen molar-refractivity contribution in [3.63, 3.8) is 0 Å². The number of methoxy groups -OCH3 is 2. The van der Waals surface area contributed by atoms with Gasteiger partial charge in [0.1, 0.15) is 22.7 Å². The van der Waals surface area contributed by atoms with Gasteiger partial charge in [0.05, 0.1) is 14.2 Å². The van der Waals surface area contributed by atoms with E-state index in [4.69, 9.17) is 14.2 Å². The predicted molar refractivity (Wildman–Crippen MR) is 91.0 cm³/mol. The molecule has 1 aliphatic heterocycles. The summed E-state index contributed by atoms with van der Waals surface area (Å²) in [6, 6.07) is 16.5. The van der Waals surface area contributed by atoms with Gasteiger partial charge in [0.25, 0.3) is 0 Å². The molecule has 0 unspecified atom stereocenters. The van der Waals surface area contributed by atoms with Crippen molar-refractivity contribution >= 4 is 0 Å². The average Bonchev–Trinajstić information content (AvgIpc) is 3.32.